The molecule has 1 rings (SSSR count). The number of nitrogens with zero attached hydrogens (tertiary/aromatic N) is 2. The summed E-state index contributed by atoms with van der Waals surface area (Å²) in [5, 5.41) is 11.5. The predicted octanol–water partition coefficient (Wildman–Crippen LogP) is -0.701. The Labute approximate surface area is 95.5 Å². The monoisotopic (exact) mass is 250 g/mol. The molecule has 1 fully saturated rings. The summed E-state index contributed by atoms with van der Waals surface area (Å²) in [6, 6.07) is 0. The zero-order valence-electron chi connectivity index (χ0n) is 9.26. The molecule has 1 aliphatic rings. The van der Waals surface area contributed by atoms with Gasteiger partial charge in [-0.1, -0.05) is 12.1 Å². The molecule has 1 aliphatic heterocycles. The molecule has 1 heterocycles. The van der Waals surface area contributed by atoms with Crippen molar-refractivity contribution in [2.75, 3.05) is 19.6 Å². The summed E-state index contributed by atoms with van der Waals surface area (Å²) in [4.78, 5) is 0. The van der Waals surface area contributed by atoms with E-state index in [0.717, 1.165) is 0 Å². The summed E-state index contributed by atoms with van der Waals surface area (Å²) >= 11 is 0. The van der Waals surface area contributed by atoms with Crippen molar-refractivity contribution in [1.29, 1.82) is 0 Å². The Kier molecular flexibility index (Phi) is 4.51. The molecule has 0 unspecified atom stereocenters. The van der Waals surface area contributed by atoms with Gasteiger partial charge in [-0.25, -0.2) is 4.72 Å². The minimum absolute atomic E-state index is 0.0296. The number of nitrogens with one attached hydrogen (secondary N) is 1. The standard InChI is InChI=1S/C8H18N4O3S/c1-2-10-16(14,15)12-5-3-7(4-6-12)8(9)11-13/h7,10,13H,2-6H2,1H3,(H2,9,11). The summed E-state index contributed by atoms with van der Waals surface area (Å²) < 4.78 is 27.1. The first-order valence-corrected chi connectivity index (χ1v) is 6.67. The lowest BCUT2D eigenvalue weighted by atomic mass is 9.97. The molecular formula is C8H18N4O3S. The lowest BCUT2D eigenvalue weighted by molar-refractivity contribution is 0.289. The number of piperidine rings is 1. The van der Waals surface area contributed by atoms with Crippen LogP contribution in [0.3, 0.4) is 0 Å². The Balaban J connectivity index is 2.55. The van der Waals surface area contributed by atoms with Crippen LogP contribution in [0.25, 0.3) is 0 Å². The van der Waals surface area contributed by atoms with Gasteiger partial charge in [-0.05, 0) is 12.8 Å². The van der Waals surface area contributed by atoms with Crippen LogP contribution in [-0.2, 0) is 10.2 Å². The molecule has 0 bridgehead atoms. The van der Waals surface area contributed by atoms with Gasteiger partial charge >= 0.3 is 0 Å². The number of hydrogen-bond donors (Lipinski definition) is 3. The van der Waals surface area contributed by atoms with Gasteiger partial charge in [0.15, 0.2) is 0 Å². The number of oxime groups is 1. The molecule has 16 heavy (non-hydrogen) atoms. The molecule has 0 aromatic rings. The van der Waals surface area contributed by atoms with E-state index in [-0.39, 0.29) is 11.8 Å². The Morgan fingerprint density at radius 1 is 1.56 bits per heavy atom. The molecule has 1 saturated heterocycles. The quantitative estimate of drug-likeness (QED) is 0.265. The highest BCUT2D eigenvalue weighted by atomic mass is 32.2. The minimum atomic E-state index is -3.35. The van der Waals surface area contributed by atoms with Crippen LogP contribution in [0.15, 0.2) is 5.16 Å². The molecule has 0 spiro atoms. The normalized spacial score (nSPS) is 21.2. The average molecular weight is 250 g/mol. The average Bonchev–Trinajstić information content (AvgIpc) is 2.28. The minimum Gasteiger partial charge on any atom is -0.409 e. The molecular weight excluding hydrogens is 232 g/mol. The first-order chi connectivity index (χ1) is 7.51. The van der Waals surface area contributed by atoms with Gasteiger partial charge in [0.2, 0.25) is 0 Å². The molecule has 0 saturated carbocycles. The Bertz CT molecular complexity index is 346. The van der Waals surface area contributed by atoms with Gasteiger partial charge in [0.25, 0.3) is 10.2 Å². The zero-order chi connectivity index (χ0) is 12.2. The smallest absolute Gasteiger partial charge is 0.279 e. The van der Waals surface area contributed by atoms with Gasteiger partial charge in [-0.15, -0.1) is 0 Å². The van der Waals surface area contributed by atoms with E-state index in [9.17, 15) is 8.42 Å². The highest BCUT2D eigenvalue weighted by Gasteiger charge is 2.28. The van der Waals surface area contributed by atoms with Crippen LogP contribution >= 0.6 is 0 Å². The second-order valence-electron chi connectivity index (χ2n) is 3.70. The molecule has 0 aliphatic carbocycles. The molecule has 0 radical (unpaired) electrons. The second-order valence-corrected chi connectivity index (χ2v) is 5.46. The Morgan fingerprint density at radius 2 is 2.12 bits per heavy atom. The fraction of sp³-hybridized carbons (Fsp3) is 0.875. The van der Waals surface area contributed by atoms with Crippen molar-refractivity contribution in [2.45, 2.75) is 19.8 Å². The van der Waals surface area contributed by atoms with Crippen molar-refractivity contribution in [3.05, 3.63) is 0 Å². The van der Waals surface area contributed by atoms with E-state index < -0.39 is 10.2 Å². The van der Waals surface area contributed by atoms with Crippen LogP contribution < -0.4 is 10.5 Å². The molecule has 0 amide bonds. The molecule has 0 atom stereocenters. The van der Waals surface area contributed by atoms with Crippen LogP contribution in [0.4, 0.5) is 0 Å². The van der Waals surface area contributed by atoms with E-state index in [1.54, 1.807) is 6.92 Å². The first-order valence-electron chi connectivity index (χ1n) is 5.23. The lowest BCUT2D eigenvalue weighted by Gasteiger charge is -2.30. The van der Waals surface area contributed by atoms with Crippen LogP contribution in [0.2, 0.25) is 0 Å². The van der Waals surface area contributed by atoms with E-state index in [2.05, 4.69) is 9.88 Å². The van der Waals surface area contributed by atoms with E-state index in [1.165, 1.54) is 4.31 Å². The molecule has 0 aromatic carbocycles. The molecule has 7 nitrogen and oxygen atoms in total. The van der Waals surface area contributed by atoms with E-state index in [4.69, 9.17) is 10.9 Å². The van der Waals surface area contributed by atoms with Crippen molar-refractivity contribution >= 4 is 16.0 Å². The zero-order valence-corrected chi connectivity index (χ0v) is 10.1. The summed E-state index contributed by atoms with van der Waals surface area (Å²) in [6.45, 7) is 2.91. The first kappa shape index (κ1) is 13.2. The highest BCUT2D eigenvalue weighted by molar-refractivity contribution is 7.87. The van der Waals surface area contributed by atoms with Crippen LogP contribution in [0, 0.1) is 5.92 Å². The Hall–Kier alpha value is -0.860. The van der Waals surface area contributed by atoms with Gasteiger partial charge in [0.1, 0.15) is 5.84 Å². The molecule has 4 N–H and O–H groups in total. The molecule has 0 aromatic heterocycles. The van der Waals surface area contributed by atoms with Crippen molar-refractivity contribution < 1.29 is 13.6 Å². The van der Waals surface area contributed by atoms with Crippen LogP contribution in [0.5, 0.6) is 0 Å². The number of amidine groups is 1. The van der Waals surface area contributed by atoms with Gasteiger partial charge < -0.3 is 10.9 Å². The summed E-state index contributed by atoms with van der Waals surface area (Å²) in [7, 11) is -3.35. The molecule has 94 valence electrons. The van der Waals surface area contributed by atoms with E-state index in [1.807, 2.05) is 0 Å². The van der Waals surface area contributed by atoms with E-state index in [0.29, 0.717) is 32.5 Å². The van der Waals surface area contributed by atoms with Crippen molar-refractivity contribution in [2.24, 2.45) is 16.8 Å². The molecule has 8 heteroatoms. The van der Waals surface area contributed by atoms with Crippen molar-refractivity contribution in [1.82, 2.24) is 9.03 Å². The van der Waals surface area contributed by atoms with Crippen LogP contribution in [-0.4, -0.2) is 43.4 Å². The van der Waals surface area contributed by atoms with Crippen LogP contribution in [0.1, 0.15) is 19.8 Å². The van der Waals surface area contributed by atoms with Gasteiger partial charge in [-0.3, -0.25) is 0 Å². The van der Waals surface area contributed by atoms with E-state index >= 15 is 0 Å². The largest absolute Gasteiger partial charge is 0.409 e. The third kappa shape index (κ3) is 3.06. The third-order valence-electron chi connectivity index (χ3n) is 2.65. The summed E-state index contributed by atoms with van der Waals surface area (Å²) in [6.07, 6.45) is 1.17. The van der Waals surface area contributed by atoms with Gasteiger partial charge in [0, 0.05) is 25.6 Å². The maximum atomic E-state index is 11.6. The predicted molar refractivity (Wildman–Crippen MR) is 60.3 cm³/mol. The van der Waals surface area contributed by atoms with Crippen molar-refractivity contribution in [3.8, 4) is 0 Å². The number of rotatable bonds is 4. The second kappa shape index (κ2) is 5.46. The fourth-order valence-electron chi connectivity index (χ4n) is 1.75. The highest BCUT2D eigenvalue weighted by Crippen LogP contribution is 2.18. The maximum absolute atomic E-state index is 11.6. The maximum Gasteiger partial charge on any atom is 0.279 e. The third-order valence-corrected chi connectivity index (χ3v) is 4.35. The summed E-state index contributed by atoms with van der Waals surface area (Å²) in [5.41, 5.74) is 5.48. The fourth-order valence-corrected chi connectivity index (χ4v) is 2.99. The van der Waals surface area contributed by atoms with Gasteiger partial charge in [0.05, 0.1) is 0 Å². The Morgan fingerprint density at radius 3 is 2.56 bits per heavy atom. The summed E-state index contributed by atoms with van der Waals surface area (Å²) in [5.74, 6) is 0.151. The topological polar surface area (TPSA) is 108 Å². The number of hydrogen-bond acceptors (Lipinski definition) is 4. The van der Waals surface area contributed by atoms with Crippen molar-refractivity contribution in [3.63, 3.8) is 0 Å². The van der Waals surface area contributed by atoms with Gasteiger partial charge in [-0.2, -0.15) is 12.7 Å². The number of nitrogens with two attached hydrogens (primary N) is 1. The SMILES string of the molecule is CCNS(=O)(=O)N1CCC(C(N)=NO)CC1. The lowest BCUT2D eigenvalue weighted by Crippen LogP contribution is -2.46.